The quantitative estimate of drug-likeness (QED) is 0.676. The minimum absolute atomic E-state index is 0.698. The third-order valence-electron chi connectivity index (χ3n) is 3.89. The van der Waals surface area contributed by atoms with Crippen LogP contribution in [0.3, 0.4) is 0 Å². The van der Waals surface area contributed by atoms with Crippen molar-refractivity contribution in [3.05, 3.63) is 65.9 Å². The molecule has 4 rings (SSSR count). The SMILES string of the molecule is Cc1ccc(-n2ncc3c2-c2ccccc2OCC3)cc1. The summed E-state index contributed by atoms with van der Waals surface area (Å²) in [5, 5.41) is 4.60. The van der Waals surface area contributed by atoms with Crippen molar-refractivity contribution in [1.82, 2.24) is 9.78 Å². The molecule has 2 aromatic carbocycles. The van der Waals surface area contributed by atoms with Crippen LogP contribution in [0.1, 0.15) is 11.1 Å². The van der Waals surface area contributed by atoms with Crippen molar-refractivity contribution in [3.8, 4) is 22.7 Å². The minimum atomic E-state index is 0.698. The zero-order chi connectivity index (χ0) is 14.2. The predicted molar refractivity (Wildman–Crippen MR) is 82.9 cm³/mol. The van der Waals surface area contributed by atoms with E-state index in [4.69, 9.17) is 4.74 Å². The van der Waals surface area contributed by atoms with Crippen LogP contribution in [0.2, 0.25) is 0 Å². The lowest BCUT2D eigenvalue weighted by Gasteiger charge is -2.11. The van der Waals surface area contributed by atoms with Gasteiger partial charge in [0.25, 0.3) is 0 Å². The molecule has 21 heavy (non-hydrogen) atoms. The number of hydrogen-bond acceptors (Lipinski definition) is 2. The molecule has 1 aliphatic rings. The Morgan fingerprint density at radius 1 is 1.05 bits per heavy atom. The van der Waals surface area contributed by atoms with Gasteiger partial charge in [0.05, 0.1) is 24.2 Å². The highest BCUT2D eigenvalue weighted by atomic mass is 16.5. The molecule has 0 fully saturated rings. The molecule has 3 nitrogen and oxygen atoms in total. The Labute approximate surface area is 123 Å². The Kier molecular flexibility index (Phi) is 2.78. The lowest BCUT2D eigenvalue weighted by molar-refractivity contribution is 0.326. The molecule has 0 aliphatic carbocycles. The first kappa shape index (κ1) is 12.2. The average Bonchev–Trinajstić information content (AvgIpc) is 2.84. The van der Waals surface area contributed by atoms with Crippen molar-refractivity contribution in [1.29, 1.82) is 0 Å². The van der Waals surface area contributed by atoms with Crippen LogP contribution in [-0.4, -0.2) is 16.4 Å². The fourth-order valence-corrected chi connectivity index (χ4v) is 2.79. The van der Waals surface area contributed by atoms with Gasteiger partial charge < -0.3 is 4.74 Å². The summed E-state index contributed by atoms with van der Waals surface area (Å²) in [6.07, 6.45) is 2.84. The molecule has 0 saturated heterocycles. The normalized spacial score (nSPS) is 13.0. The highest BCUT2D eigenvalue weighted by molar-refractivity contribution is 5.72. The number of aromatic nitrogens is 2. The van der Waals surface area contributed by atoms with Crippen molar-refractivity contribution in [2.45, 2.75) is 13.3 Å². The number of benzene rings is 2. The molecule has 1 aromatic heterocycles. The molecular formula is C18H16N2O. The fourth-order valence-electron chi connectivity index (χ4n) is 2.79. The van der Waals surface area contributed by atoms with Crippen molar-refractivity contribution in [2.24, 2.45) is 0 Å². The average molecular weight is 276 g/mol. The van der Waals surface area contributed by atoms with Gasteiger partial charge in [0.1, 0.15) is 5.75 Å². The molecule has 1 aliphatic heterocycles. The lowest BCUT2D eigenvalue weighted by Crippen LogP contribution is -1.99. The van der Waals surface area contributed by atoms with Crippen LogP contribution >= 0.6 is 0 Å². The molecule has 0 N–H and O–H groups in total. The van der Waals surface area contributed by atoms with Crippen LogP contribution in [0.25, 0.3) is 16.9 Å². The maximum absolute atomic E-state index is 5.86. The summed E-state index contributed by atoms with van der Waals surface area (Å²) in [5.41, 5.74) is 5.83. The van der Waals surface area contributed by atoms with Crippen molar-refractivity contribution < 1.29 is 4.74 Å². The fraction of sp³-hybridized carbons (Fsp3) is 0.167. The summed E-state index contributed by atoms with van der Waals surface area (Å²) < 4.78 is 7.87. The maximum Gasteiger partial charge on any atom is 0.128 e. The van der Waals surface area contributed by atoms with Crippen LogP contribution in [0.5, 0.6) is 5.75 Å². The molecule has 0 saturated carbocycles. The van der Waals surface area contributed by atoms with Gasteiger partial charge >= 0.3 is 0 Å². The molecule has 2 heterocycles. The van der Waals surface area contributed by atoms with Crippen LogP contribution in [0, 0.1) is 6.92 Å². The number of aryl methyl sites for hydroxylation is 1. The largest absolute Gasteiger partial charge is 0.493 e. The highest BCUT2D eigenvalue weighted by Gasteiger charge is 2.20. The van der Waals surface area contributed by atoms with Crippen LogP contribution in [0.15, 0.2) is 54.7 Å². The van der Waals surface area contributed by atoms with Gasteiger partial charge in [-0.15, -0.1) is 0 Å². The van der Waals surface area contributed by atoms with Crippen LogP contribution in [-0.2, 0) is 6.42 Å². The number of fused-ring (bicyclic) bond motifs is 3. The number of rotatable bonds is 1. The van der Waals surface area contributed by atoms with E-state index in [1.807, 2.05) is 29.1 Å². The summed E-state index contributed by atoms with van der Waals surface area (Å²) in [6, 6.07) is 16.6. The van der Waals surface area contributed by atoms with E-state index in [0.29, 0.717) is 6.61 Å². The molecule has 3 heteroatoms. The summed E-state index contributed by atoms with van der Waals surface area (Å²) in [4.78, 5) is 0. The van der Waals surface area contributed by atoms with Gasteiger partial charge in [0.2, 0.25) is 0 Å². The molecular weight excluding hydrogens is 260 g/mol. The minimum Gasteiger partial charge on any atom is -0.493 e. The van der Waals surface area contributed by atoms with Gasteiger partial charge in [0, 0.05) is 17.5 Å². The second kappa shape index (κ2) is 4.77. The first-order valence-corrected chi connectivity index (χ1v) is 7.19. The van der Waals surface area contributed by atoms with Gasteiger partial charge in [-0.25, -0.2) is 4.68 Å². The van der Waals surface area contributed by atoms with Crippen molar-refractivity contribution in [2.75, 3.05) is 6.61 Å². The van der Waals surface area contributed by atoms with Crippen molar-refractivity contribution >= 4 is 0 Å². The molecule has 0 spiro atoms. The monoisotopic (exact) mass is 276 g/mol. The summed E-state index contributed by atoms with van der Waals surface area (Å²) >= 11 is 0. The third-order valence-corrected chi connectivity index (χ3v) is 3.89. The molecule has 0 amide bonds. The van der Waals surface area contributed by atoms with Gasteiger partial charge in [-0.05, 0) is 31.2 Å². The Bertz CT molecular complexity index is 787. The van der Waals surface area contributed by atoms with E-state index in [0.717, 1.165) is 29.1 Å². The smallest absolute Gasteiger partial charge is 0.128 e. The molecule has 0 atom stereocenters. The molecule has 0 unspecified atom stereocenters. The van der Waals surface area contributed by atoms with E-state index in [1.54, 1.807) is 0 Å². The van der Waals surface area contributed by atoms with E-state index >= 15 is 0 Å². The lowest BCUT2D eigenvalue weighted by atomic mass is 10.1. The first-order valence-electron chi connectivity index (χ1n) is 7.19. The molecule has 0 radical (unpaired) electrons. The summed E-state index contributed by atoms with van der Waals surface area (Å²) in [6.45, 7) is 2.79. The van der Waals surface area contributed by atoms with E-state index in [-0.39, 0.29) is 0 Å². The zero-order valence-electron chi connectivity index (χ0n) is 11.9. The van der Waals surface area contributed by atoms with Crippen molar-refractivity contribution in [3.63, 3.8) is 0 Å². The van der Waals surface area contributed by atoms with Gasteiger partial charge in [-0.2, -0.15) is 5.10 Å². The Morgan fingerprint density at radius 2 is 1.86 bits per heavy atom. The molecule has 0 bridgehead atoms. The van der Waals surface area contributed by atoms with E-state index in [2.05, 4.69) is 42.4 Å². The number of ether oxygens (including phenoxy) is 1. The number of hydrogen-bond donors (Lipinski definition) is 0. The molecule has 104 valence electrons. The highest BCUT2D eigenvalue weighted by Crippen LogP contribution is 2.36. The first-order chi connectivity index (χ1) is 10.3. The second-order valence-corrected chi connectivity index (χ2v) is 5.36. The Morgan fingerprint density at radius 3 is 2.71 bits per heavy atom. The zero-order valence-corrected chi connectivity index (χ0v) is 11.9. The number of para-hydroxylation sites is 1. The predicted octanol–water partition coefficient (Wildman–Crippen LogP) is 3.78. The number of nitrogens with zero attached hydrogens (tertiary/aromatic N) is 2. The van der Waals surface area contributed by atoms with Gasteiger partial charge in [0.15, 0.2) is 0 Å². The van der Waals surface area contributed by atoms with Crippen LogP contribution < -0.4 is 4.74 Å². The molecule has 3 aromatic rings. The van der Waals surface area contributed by atoms with Gasteiger partial charge in [-0.3, -0.25) is 0 Å². The van der Waals surface area contributed by atoms with Crippen LogP contribution in [0.4, 0.5) is 0 Å². The van der Waals surface area contributed by atoms with E-state index in [9.17, 15) is 0 Å². The second-order valence-electron chi connectivity index (χ2n) is 5.36. The summed E-state index contributed by atoms with van der Waals surface area (Å²) in [7, 11) is 0. The third kappa shape index (κ3) is 2.02. The maximum atomic E-state index is 5.86. The topological polar surface area (TPSA) is 27.1 Å². The Balaban J connectivity index is 1.95. The van der Waals surface area contributed by atoms with E-state index < -0.39 is 0 Å². The standard InChI is InChI=1S/C18H16N2O/c1-13-6-8-15(9-7-13)20-18-14(12-19-20)10-11-21-17-5-3-2-4-16(17)18/h2-9,12H,10-11H2,1H3. The van der Waals surface area contributed by atoms with E-state index in [1.165, 1.54) is 11.1 Å². The van der Waals surface area contributed by atoms with Gasteiger partial charge in [-0.1, -0.05) is 29.8 Å². The Hall–Kier alpha value is -2.55. The summed E-state index contributed by atoms with van der Waals surface area (Å²) in [5.74, 6) is 0.935.